The molecule has 0 amide bonds. The summed E-state index contributed by atoms with van der Waals surface area (Å²) in [5, 5.41) is 1.71. The van der Waals surface area contributed by atoms with Crippen molar-refractivity contribution < 1.29 is 9.53 Å². The molecule has 3 aromatic rings. The summed E-state index contributed by atoms with van der Waals surface area (Å²) in [5.74, 6) is -0.112. The Morgan fingerprint density at radius 3 is 2.81 bits per heavy atom. The van der Waals surface area contributed by atoms with E-state index in [0.717, 1.165) is 22.3 Å². The molecule has 0 bridgehead atoms. The first-order chi connectivity index (χ1) is 12.6. The third-order valence-electron chi connectivity index (χ3n) is 5.14. The highest BCUT2D eigenvalue weighted by atomic mass is 35.5. The molecule has 5 heteroatoms. The first kappa shape index (κ1) is 16.9. The summed E-state index contributed by atoms with van der Waals surface area (Å²) in [6.45, 7) is 2.15. The molecule has 0 radical (unpaired) electrons. The lowest BCUT2D eigenvalue weighted by Crippen LogP contribution is -2.28. The zero-order valence-corrected chi connectivity index (χ0v) is 15.4. The molecule has 0 fully saturated rings. The van der Waals surface area contributed by atoms with Crippen LogP contribution in [0.3, 0.4) is 0 Å². The van der Waals surface area contributed by atoms with E-state index >= 15 is 0 Å². The molecule has 2 heterocycles. The number of para-hydroxylation sites is 1. The molecule has 26 heavy (non-hydrogen) atoms. The van der Waals surface area contributed by atoms with Crippen molar-refractivity contribution in [1.29, 1.82) is 0 Å². The van der Waals surface area contributed by atoms with E-state index in [2.05, 4.69) is 28.9 Å². The standard InChI is InChI=1S/C21H19ClN2O2/c1-13-17(12-21(25)26-2)15-5-3-4-6-19(15)24(13)20-9-10-23-18-11-14(22)7-8-16(18)20/h3-11,13,17H,12H2,1-2H3. The lowest BCUT2D eigenvalue weighted by Gasteiger charge is -2.28. The second-order valence-corrected chi connectivity index (χ2v) is 6.98. The van der Waals surface area contributed by atoms with Crippen LogP contribution in [0, 0.1) is 0 Å². The number of fused-ring (bicyclic) bond motifs is 2. The van der Waals surface area contributed by atoms with Crippen LogP contribution in [0.2, 0.25) is 5.02 Å². The van der Waals surface area contributed by atoms with Crippen LogP contribution in [0.1, 0.15) is 24.8 Å². The van der Waals surface area contributed by atoms with Gasteiger partial charge in [-0.15, -0.1) is 0 Å². The second kappa shape index (κ2) is 6.61. The van der Waals surface area contributed by atoms with E-state index in [-0.39, 0.29) is 17.9 Å². The van der Waals surface area contributed by atoms with E-state index in [4.69, 9.17) is 16.3 Å². The number of carbonyl (C=O) groups is 1. The first-order valence-corrected chi connectivity index (χ1v) is 8.97. The number of hydrogen-bond acceptors (Lipinski definition) is 4. The predicted octanol–water partition coefficient (Wildman–Crippen LogP) is 5.08. The van der Waals surface area contributed by atoms with Crippen molar-refractivity contribution in [1.82, 2.24) is 4.98 Å². The number of carbonyl (C=O) groups excluding carboxylic acids is 1. The molecule has 2 aromatic carbocycles. The molecule has 0 saturated heterocycles. The predicted molar refractivity (Wildman–Crippen MR) is 104 cm³/mol. The Kier molecular flexibility index (Phi) is 4.29. The van der Waals surface area contributed by atoms with Crippen LogP contribution < -0.4 is 4.90 Å². The highest BCUT2D eigenvalue weighted by molar-refractivity contribution is 6.31. The van der Waals surface area contributed by atoms with Crippen LogP contribution in [0.5, 0.6) is 0 Å². The molecule has 4 rings (SSSR count). The molecule has 0 N–H and O–H groups in total. The number of pyridine rings is 1. The van der Waals surface area contributed by atoms with Gasteiger partial charge < -0.3 is 9.64 Å². The van der Waals surface area contributed by atoms with E-state index in [1.165, 1.54) is 12.7 Å². The third-order valence-corrected chi connectivity index (χ3v) is 5.38. The zero-order chi connectivity index (χ0) is 18.3. The maximum Gasteiger partial charge on any atom is 0.306 e. The van der Waals surface area contributed by atoms with Gasteiger partial charge in [0, 0.05) is 34.3 Å². The highest BCUT2D eigenvalue weighted by Crippen LogP contribution is 2.48. The lowest BCUT2D eigenvalue weighted by molar-refractivity contribution is -0.141. The van der Waals surface area contributed by atoms with Crippen LogP contribution in [-0.2, 0) is 9.53 Å². The fourth-order valence-corrected chi connectivity index (χ4v) is 4.05. The molecule has 1 aromatic heterocycles. The lowest BCUT2D eigenvalue weighted by atomic mass is 9.92. The van der Waals surface area contributed by atoms with E-state index in [0.29, 0.717) is 11.4 Å². The van der Waals surface area contributed by atoms with Crippen LogP contribution in [-0.4, -0.2) is 24.1 Å². The first-order valence-electron chi connectivity index (χ1n) is 8.59. The molecule has 2 unspecified atom stereocenters. The SMILES string of the molecule is COC(=O)CC1c2ccccc2N(c2ccnc3cc(Cl)ccc23)C1C. The van der Waals surface area contributed by atoms with Crippen molar-refractivity contribution in [2.24, 2.45) is 0 Å². The van der Waals surface area contributed by atoms with Crippen molar-refractivity contribution in [3.63, 3.8) is 0 Å². The van der Waals surface area contributed by atoms with Crippen molar-refractivity contribution in [2.75, 3.05) is 12.0 Å². The fraction of sp³-hybridized carbons (Fsp3) is 0.238. The zero-order valence-electron chi connectivity index (χ0n) is 14.6. The Bertz CT molecular complexity index is 989. The van der Waals surface area contributed by atoms with E-state index in [1.54, 1.807) is 6.20 Å². The van der Waals surface area contributed by atoms with Crippen LogP contribution in [0.4, 0.5) is 11.4 Å². The van der Waals surface area contributed by atoms with E-state index in [1.807, 2.05) is 36.4 Å². The molecule has 4 nitrogen and oxygen atoms in total. The maximum atomic E-state index is 12.0. The van der Waals surface area contributed by atoms with Crippen LogP contribution in [0.25, 0.3) is 10.9 Å². The Hall–Kier alpha value is -2.59. The van der Waals surface area contributed by atoms with Gasteiger partial charge in [0.1, 0.15) is 0 Å². The van der Waals surface area contributed by atoms with Crippen LogP contribution >= 0.6 is 11.6 Å². The number of methoxy groups -OCH3 is 1. The summed E-state index contributed by atoms with van der Waals surface area (Å²) in [6, 6.07) is 16.1. The summed E-state index contributed by atoms with van der Waals surface area (Å²) in [7, 11) is 1.44. The Morgan fingerprint density at radius 1 is 1.19 bits per heavy atom. The summed E-state index contributed by atoms with van der Waals surface area (Å²) in [5.41, 5.74) is 4.22. The third kappa shape index (κ3) is 2.71. The summed E-state index contributed by atoms with van der Waals surface area (Å²) in [6.07, 6.45) is 2.16. The second-order valence-electron chi connectivity index (χ2n) is 6.55. The molecular weight excluding hydrogens is 348 g/mol. The monoisotopic (exact) mass is 366 g/mol. The van der Waals surface area contributed by atoms with Gasteiger partial charge in [-0.1, -0.05) is 29.8 Å². The van der Waals surface area contributed by atoms with Crippen molar-refractivity contribution in [3.05, 3.63) is 65.3 Å². The normalized spacial score (nSPS) is 18.8. The minimum Gasteiger partial charge on any atom is -0.469 e. The van der Waals surface area contributed by atoms with Crippen molar-refractivity contribution >= 4 is 39.8 Å². The average molecular weight is 367 g/mol. The van der Waals surface area contributed by atoms with Gasteiger partial charge in [-0.05, 0) is 42.8 Å². The van der Waals surface area contributed by atoms with Crippen LogP contribution in [0.15, 0.2) is 54.7 Å². The molecule has 2 atom stereocenters. The van der Waals surface area contributed by atoms with Gasteiger partial charge in [0.15, 0.2) is 0 Å². The number of esters is 1. The summed E-state index contributed by atoms with van der Waals surface area (Å²) < 4.78 is 4.92. The van der Waals surface area contributed by atoms with Crippen molar-refractivity contribution in [3.8, 4) is 0 Å². The van der Waals surface area contributed by atoms with Gasteiger partial charge in [0.2, 0.25) is 0 Å². The summed E-state index contributed by atoms with van der Waals surface area (Å²) >= 11 is 6.13. The van der Waals surface area contributed by atoms with Gasteiger partial charge >= 0.3 is 5.97 Å². The van der Waals surface area contributed by atoms with Gasteiger partial charge in [-0.25, -0.2) is 0 Å². The van der Waals surface area contributed by atoms with Crippen molar-refractivity contribution in [2.45, 2.75) is 25.3 Å². The summed E-state index contributed by atoms with van der Waals surface area (Å²) in [4.78, 5) is 18.7. The molecule has 0 saturated carbocycles. The molecule has 1 aliphatic heterocycles. The minimum atomic E-state index is -0.190. The quantitative estimate of drug-likeness (QED) is 0.606. The van der Waals surface area contributed by atoms with Gasteiger partial charge in [-0.2, -0.15) is 0 Å². The van der Waals surface area contributed by atoms with Gasteiger partial charge in [0.05, 0.1) is 24.7 Å². The van der Waals surface area contributed by atoms with E-state index < -0.39 is 0 Å². The van der Waals surface area contributed by atoms with E-state index in [9.17, 15) is 4.79 Å². The average Bonchev–Trinajstić information content (AvgIpc) is 2.92. The minimum absolute atomic E-state index is 0.0779. The number of ether oxygens (including phenoxy) is 1. The molecule has 0 aliphatic carbocycles. The Labute approximate surface area is 157 Å². The number of rotatable bonds is 3. The molecule has 0 spiro atoms. The number of aromatic nitrogens is 1. The van der Waals surface area contributed by atoms with Gasteiger partial charge in [-0.3, -0.25) is 9.78 Å². The number of halogens is 1. The number of benzene rings is 2. The largest absolute Gasteiger partial charge is 0.469 e. The smallest absolute Gasteiger partial charge is 0.306 e. The maximum absolute atomic E-state index is 12.0. The van der Waals surface area contributed by atoms with Gasteiger partial charge in [0.25, 0.3) is 0 Å². The Balaban J connectivity index is 1.86. The number of nitrogens with zero attached hydrogens (tertiary/aromatic N) is 2. The fourth-order valence-electron chi connectivity index (χ4n) is 3.89. The molecule has 132 valence electrons. The highest BCUT2D eigenvalue weighted by Gasteiger charge is 2.38. The molecular formula is C21H19ClN2O2. The Morgan fingerprint density at radius 2 is 2.00 bits per heavy atom. The topological polar surface area (TPSA) is 42.4 Å². The molecule has 1 aliphatic rings. The number of anilines is 2. The number of hydrogen-bond donors (Lipinski definition) is 0.